The third kappa shape index (κ3) is 4.72. The Bertz CT molecular complexity index is 1250. The van der Waals surface area contributed by atoms with E-state index in [1.165, 1.54) is 11.1 Å². The predicted octanol–water partition coefficient (Wildman–Crippen LogP) is 5.90. The van der Waals surface area contributed by atoms with Crippen LogP contribution in [0.5, 0.6) is 0 Å². The van der Waals surface area contributed by atoms with Crippen LogP contribution in [0.3, 0.4) is 0 Å². The van der Waals surface area contributed by atoms with E-state index >= 15 is 0 Å². The molecule has 0 radical (unpaired) electrons. The lowest BCUT2D eigenvalue weighted by Gasteiger charge is -2.45. The minimum absolute atomic E-state index is 0.132. The van der Waals surface area contributed by atoms with E-state index in [1.54, 1.807) is 0 Å². The molecule has 2 aliphatic rings. The number of nitrogens with one attached hydrogen (secondary N) is 1. The van der Waals surface area contributed by atoms with E-state index in [0.717, 1.165) is 61.4 Å². The summed E-state index contributed by atoms with van der Waals surface area (Å²) in [6.45, 7) is 10.0. The number of carboxylic acid groups (broad SMARTS) is 1. The summed E-state index contributed by atoms with van der Waals surface area (Å²) in [5, 5.41) is 12.1. The van der Waals surface area contributed by atoms with Gasteiger partial charge in [-0.3, -0.25) is 4.98 Å². The number of anilines is 1. The summed E-state index contributed by atoms with van der Waals surface area (Å²) in [6, 6.07) is 18.8. The number of hydrogen-bond donors (Lipinski definition) is 2. The minimum Gasteiger partial charge on any atom is -0.465 e. The van der Waals surface area contributed by atoms with Crippen molar-refractivity contribution >= 4 is 17.5 Å². The quantitative estimate of drug-likeness (QED) is 0.457. The Morgan fingerprint density at radius 1 is 1.08 bits per heavy atom. The molecule has 0 saturated carbocycles. The number of hydrogen-bond acceptors (Lipinski definition) is 4. The Morgan fingerprint density at radius 2 is 1.78 bits per heavy atom. The number of carbonyl (C=O) groups is 1. The highest BCUT2D eigenvalue weighted by molar-refractivity contribution is 5.75. The Morgan fingerprint density at radius 3 is 2.44 bits per heavy atom. The van der Waals surface area contributed by atoms with Crippen molar-refractivity contribution < 1.29 is 9.90 Å². The minimum atomic E-state index is -0.966. The molecule has 1 atom stereocenters. The molecule has 0 unspecified atom stereocenters. The van der Waals surface area contributed by atoms with E-state index in [1.807, 2.05) is 56.6 Å². The molecule has 6 nitrogen and oxygen atoms in total. The molecule has 5 rings (SSSR count). The van der Waals surface area contributed by atoms with Crippen LogP contribution >= 0.6 is 0 Å². The van der Waals surface area contributed by atoms with Crippen LogP contribution in [0.2, 0.25) is 0 Å². The molecule has 0 bridgehead atoms. The van der Waals surface area contributed by atoms with Gasteiger partial charge in [-0.05, 0) is 67.6 Å². The summed E-state index contributed by atoms with van der Waals surface area (Å²) in [5.41, 5.74) is 5.13. The summed E-state index contributed by atoms with van der Waals surface area (Å²) in [4.78, 5) is 23.2. The molecular weight excluding hydrogens is 448 g/mol. The smallest absolute Gasteiger partial charge is 0.405 e. The van der Waals surface area contributed by atoms with Gasteiger partial charge in [-0.1, -0.05) is 61.2 Å². The zero-order chi connectivity index (χ0) is 25.3. The second-order valence-electron chi connectivity index (χ2n) is 10.9. The van der Waals surface area contributed by atoms with Gasteiger partial charge in [0.2, 0.25) is 0 Å². The van der Waals surface area contributed by atoms with Gasteiger partial charge in [0.25, 0.3) is 0 Å². The molecule has 1 amide bonds. The topological polar surface area (TPSA) is 78.4 Å². The summed E-state index contributed by atoms with van der Waals surface area (Å²) in [6.07, 6.45) is 6.63. The van der Waals surface area contributed by atoms with Crippen molar-refractivity contribution in [2.24, 2.45) is 5.41 Å². The van der Waals surface area contributed by atoms with E-state index in [-0.39, 0.29) is 5.41 Å². The first-order chi connectivity index (χ1) is 17.3. The molecule has 2 N–H and O–H groups in total. The first kappa shape index (κ1) is 24.0. The Hall–Kier alpha value is -3.67. The Labute approximate surface area is 213 Å². The van der Waals surface area contributed by atoms with Crippen molar-refractivity contribution in [3.63, 3.8) is 0 Å². The molecule has 1 aliphatic heterocycles. The first-order valence-electron chi connectivity index (χ1n) is 12.7. The van der Waals surface area contributed by atoms with Crippen molar-refractivity contribution in [2.75, 3.05) is 18.0 Å². The highest BCUT2D eigenvalue weighted by Crippen LogP contribution is 2.56. The van der Waals surface area contributed by atoms with Crippen LogP contribution in [0.25, 0.3) is 5.57 Å². The Balaban J connectivity index is 1.31. The predicted molar refractivity (Wildman–Crippen MR) is 143 cm³/mol. The normalized spacial score (nSPS) is 18.6. The van der Waals surface area contributed by atoms with Crippen molar-refractivity contribution in [1.29, 1.82) is 0 Å². The lowest BCUT2D eigenvalue weighted by molar-refractivity contribution is 0.143. The zero-order valence-corrected chi connectivity index (χ0v) is 21.1. The molecule has 1 aromatic heterocycles. The van der Waals surface area contributed by atoms with Gasteiger partial charge in [0.1, 0.15) is 5.82 Å². The van der Waals surface area contributed by atoms with Gasteiger partial charge in [-0.25, -0.2) is 9.78 Å². The second kappa shape index (κ2) is 9.41. The van der Waals surface area contributed by atoms with Crippen molar-refractivity contribution in [3.05, 3.63) is 96.0 Å². The van der Waals surface area contributed by atoms with Gasteiger partial charge >= 0.3 is 6.09 Å². The highest BCUT2D eigenvalue weighted by atomic mass is 16.4. The maximum Gasteiger partial charge on any atom is 0.405 e. The van der Waals surface area contributed by atoms with Crippen LogP contribution in [0, 0.1) is 5.41 Å². The van der Waals surface area contributed by atoms with E-state index in [0.29, 0.717) is 5.92 Å². The summed E-state index contributed by atoms with van der Waals surface area (Å²) in [5.74, 6) is 1.22. The van der Waals surface area contributed by atoms with Gasteiger partial charge in [-0.15, -0.1) is 0 Å². The second-order valence-corrected chi connectivity index (χ2v) is 10.9. The molecule has 3 aromatic rings. The van der Waals surface area contributed by atoms with Gasteiger partial charge < -0.3 is 15.3 Å². The molecule has 1 aliphatic carbocycles. The standard InChI is InChI=1S/C30H34N4O2/c1-21(22-9-5-4-6-10-22)26-19-32-27(20-31-26)34-15-13-30(14-16-34)17-23-11-7-8-12-24(23)25(30)18-29(2,3)33-28(35)36/h4-12,19-20,25,33H,1,13-18H2,2-3H3,(H,35,36)/t25-/m1/s1. The average molecular weight is 483 g/mol. The average Bonchev–Trinajstić information content (AvgIpc) is 3.16. The van der Waals surface area contributed by atoms with Gasteiger partial charge in [0, 0.05) is 24.2 Å². The lowest BCUT2D eigenvalue weighted by Crippen LogP contribution is -2.48. The van der Waals surface area contributed by atoms with Crippen LogP contribution < -0.4 is 10.2 Å². The number of rotatable bonds is 6. The van der Waals surface area contributed by atoms with Crippen LogP contribution in [-0.2, 0) is 6.42 Å². The third-order valence-electron chi connectivity index (χ3n) is 8.02. The third-order valence-corrected chi connectivity index (χ3v) is 8.02. The molecule has 1 spiro atoms. The first-order valence-corrected chi connectivity index (χ1v) is 12.7. The van der Waals surface area contributed by atoms with Crippen LogP contribution in [0.15, 0.2) is 73.6 Å². The number of nitrogens with zero attached hydrogens (tertiary/aromatic N) is 3. The monoisotopic (exact) mass is 482 g/mol. The zero-order valence-electron chi connectivity index (χ0n) is 21.1. The largest absolute Gasteiger partial charge is 0.465 e. The molecular formula is C30H34N4O2. The molecule has 2 aromatic carbocycles. The number of fused-ring (bicyclic) bond motifs is 1. The molecule has 186 valence electrons. The van der Waals surface area contributed by atoms with Gasteiger partial charge in [0.15, 0.2) is 0 Å². The van der Waals surface area contributed by atoms with E-state index in [9.17, 15) is 9.90 Å². The van der Waals surface area contributed by atoms with Crippen LogP contribution in [0.4, 0.5) is 10.6 Å². The number of aromatic nitrogens is 2. The lowest BCUT2D eigenvalue weighted by atomic mass is 9.66. The molecule has 1 fully saturated rings. The molecule has 2 heterocycles. The van der Waals surface area contributed by atoms with Crippen LogP contribution in [0.1, 0.15) is 61.4 Å². The summed E-state index contributed by atoms with van der Waals surface area (Å²) in [7, 11) is 0. The van der Waals surface area contributed by atoms with Crippen molar-refractivity contribution in [2.45, 2.75) is 51.0 Å². The summed E-state index contributed by atoms with van der Waals surface area (Å²) < 4.78 is 0. The molecule has 1 saturated heterocycles. The van der Waals surface area contributed by atoms with Gasteiger partial charge in [0.05, 0.1) is 18.1 Å². The van der Waals surface area contributed by atoms with Gasteiger partial charge in [-0.2, -0.15) is 0 Å². The fourth-order valence-electron chi connectivity index (χ4n) is 6.18. The molecule has 6 heteroatoms. The van der Waals surface area contributed by atoms with Crippen LogP contribution in [-0.4, -0.2) is 39.8 Å². The fraction of sp³-hybridized carbons (Fsp3) is 0.367. The Kier molecular flexibility index (Phi) is 6.29. The fourth-order valence-corrected chi connectivity index (χ4v) is 6.18. The number of amides is 1. The van der Waals surface area contributed by atoms with Crippen molar-refractivity contribution in [1.82, 2.24) is 15.3 Å². The molecule has 36 heavy (non-hydrogen) atoms. The van der Waals surface area contributed by atoms with Crippen molar-refractivity contribution in [3.8, 4) is 0 Å². The maximum absolute atomic E-state index is 11.4. The SMILES string of the molecule is C=C(c1ccccc1)c1cnc(N2CCC3(CC2)Cc2ccccc2[C@H]3CC(C)(C)NC(=O)O)cn1. The van der Waals surface area contributed by atoms with E-state index < -0.39 is 11.6 Å². The van der Waals surface area contributed by atoms with E-state index in [4.69, 9.17) is 4.98 Å². The number of piperidine rings is 1. The highest BCUT2D eigenvalue weighted by Gasteiger charge is 2.49. The number of benzene rings is 2. The maximum atomic E-state index is 11.4. The van der Waals surface area contributed by atoms with E-state index in [2.05, 4.69) is 46.0 Å². The summed E-state index contributed by atoms with van der Waals surface area (Å²) >= 11 is 0.